The molecule has 1 aromatic heterocycles. The van der Waals surface area contributed by atoms with Crippen LogP contribution in [0.1, 0.15) is 30.0 Å². The molecule has 0 bridgehead atoms. The van der Waals surface area contributed by atoms with Crippen LogP contribution in [0.15, 0.2) is 53.7 Å². The van der Waals surface area contributed by atoms with Gasteiger partial charge in [0, 0.05) is 30.0 Å². The van der Waals surface area contributed by atoms with Gasteiger partial charge >= 0.3 is 0 Å². The maximum atomic E-state index is 12.6. The average molecular weight is 454 g/mol. The van der Waals surface area contributed by atoms with Crippen molar-refractivity contribution in [2.45, 2.75) is 25.9 Å². The van der Waals surface area contributed by atoms with Crippen molar-refractivity contribution in [2.75, 3.05) is 31.3 Å². The Bertz CT molecular complexity index is 1080. The maximum Gasteiger partial charge on any atom is 0.253 e. The first-order chi connectivity index (χ1) is 15.5. The number of nitrogens with one attached hydrogen (secondary N) is 1. The summed E-state index contributed by atoms with van der Waals surface area (Å²) in [6.07, 6.45) is 0. The third kappa shape index (κ3) is 5.47. The summed E-state index contributed by atoms with van der Waals surface area (Å²) >= 11 is 1.29. The lowest BCUT2D eigenvalue weighted by molar-refractivity contribution is -0.113. The number of carbonyl (C=O) groups is 2. The van der Waals surface area contributed by atoms with Crippen LogP contribution in [-0.2, 0) is 4.79 Å². The predicted octanol–water partition coefficient (Wildman–Crippen LogP) is 3.80. The number of aromatic nitrogens is 3. The Morgan fingerprint density at radius 2 is 1.81 bits per heavy atom. The molecule has 0 saturated carbocycles. The van der Waals surface area contributed by atoms with Crippen molar-refractivity contribution >= 4 is 29.3 Å². The highest BCUT2D eigenvalue weighted by Crippen LogP contribution is 2.24. The van der Waals surface area contributed by atoms with Crippen LogP contribution in [0.25, 0.3) is 5.69 Å². The van der Waals surface area contributed by atoms with Crippen molar-refractivity contribution < 1.29 is 14.3 Å². The molecule has 0 aliphatic heterocycles. The summed E-state index contributed by atoms with van der Waals surface area (Å²) in [7, 11) is 1.62. The molecule has 3 aromatic rings. The van der Waals surface area contributed by atoms with Crippen molar-refractivity contribution in [3.05, 3.63) is 59.9 Å². The van der Waals surface area contributed by atoms with E-state index in [-0.39, 0.29) is 17.6 Å². The number of thioether (sulfide) groups is 1. The third-order valence-corrected chi connectivity index (χ3v) is 5.83. The zero-order valence-electron chi connectivity index (χ0n) is 18.7. The van der Waals surface area contributed by atoms with E-state index in [1.165, 1.54) is 11.8 Å². The molecule has 0 fully saturated rings. The number of anilines is 1. The van der Waals surface area contributed by atoms with E-state index in [4.69, 9.17) is 4.74 Å². The van der Waals surface area contributed by atoms with Crippen LogP contribution in [0, 0.1) is 6.92 Å². The van der Waals surface area contributed by atoms with Crippen molar-refractivity contribution in [3.63, 3.8) is 0 Å². The molecule has 2 amide bonds. The molecule has 0 saturated heterocycles. The molecule has 32 heavy (non-hydrogen) atoms. The van der Waals surface area contributed by atoms with Crippen LogP contribution >= 0.6 is 11.8 Å². The van der Waals surface area contributed by atoms with Crippen molar-refractivity contribution in [3.8, 4) is 11.4 Å². The highest BCUT2D eigenvalue weighted by atomic mass is 32.2. The second kappa shape index (κ2) is 10.8. The molecule has 3 rings (SSSR count). The van der Waals surface area contributed by atoms with Gasteiger partial charge in [0.2, 0.25) is 5.91 Å². The first kappa shape index (κ1) is 23.3. The molecule has 0 radical (unpaired) electrons. The van der Waals surface area contributed by atoms with E-state index < -0.39 is 0 Å². The van der Waals surface area contributed by atoms with Crippen LogP contribution in [0.4, 0.5) is 5.69 Å². The fraction of sp³-hybridized carbons (Fsp3) is 0.304. The lowest BCUT2D eigenvalue weighted by atomic mass is 10.1. The van der Waals surface area contributed by atoms with Gasteiger partial charge in [-0.25, -0.2) is 0 Å². The minimum absolute atomic E-state index is 0.0523. The minimum Gasteiger partial charge on any atom is -0.497 e. The molecule has 0 spiro atoms. The molecule has 1 heterocycles. The Kier molecular flexibility index (Phi) is 7.88. The topological polar surface area (TPSA) is 89.4 Å². The molecule has 0 atom stereocenters. The Hall–Kier alpha value is -3.33. The maximum absolute atomic E-state index is 12.6. The number of ether oxygens (including phenoxy) is 1. The summed E-state index contributed by atoms with van der Waals surface area (Å²) in [6.45, 7) is 7.01. The average Bonchev–Trinajstić information content (AvgIpc) is 3.19. The van der Waals surface area contributed by atoms with Crippen LogP contribution < -0.4 is 10.1 Å². The molecule has 8 nitrogen and oxygen atoms in total. The van der Waals surface area contributed by atoms with Gasteiger partial charge in [-0.3, -0.25) is 14.2 Å². The second-order valence-corrected chi connectivity index (χ2v) is 7.90. The molecule has 1 N–H and O–H groups in total. The van der Waals surface area contributed by atoms with Crippen molar-refractivity contribution in [2.24, 2.45) is 0 Å². The van der Waals surface area contributed by atoms with Gasteiger partial charge in [-0.2, -0.15) is 0 Å². The molecule has 0 aliphatic carbocycles. The van der Waals surface area contributed by atoms with Gasteiger partial charge in [-0.05, 0) is 63.2 Å². The van der Waals surface area contributed by atoms with E-state index in [1.807, 2.05) is 49.6 Å². The number of benzene rings is 2. The van der Waals surface area contributed by atoms with E-state index in [2.05, 4.69) is 15.5 Å². The van der Waals surface area contributed by atoms with Gasteiger partial charge < -0.3 is 15.0 Å². The van der Waals surface area contributed by atoms with Crippen LogP contribution in [0.3, 0.4) is 0 Å². The molecule has 2 aromatic carbocycles. The smallest absolute Gasteiger partial charge is 0.253 e. The van der Waals surface area contributed by atoms with E-state index in [0.29, 0.717) is 29.5 Å². The summed E-state index contributed by atoms with van der Waals surface area (Å²) in [4.78, 5) is 26.8. The summed E-state index contributed by atoms with van der Waals surface area (Å²) in [6, 6.07) is 14.5. The Morgan fingerprint density at radius 3 is 2.47 bits per heavy atom. The highest BCUT2D eigenvalue weighted by Gasteiger charge is 2.15. The highest BCUT2D eigenvalue weighted by molar-refractivity contribution is 7.99. The van der Waals surface area contributed by atoms with E-state index in [0.717, 1.165) is 17.3 Å². The number of aryl methyl sites for hydroxylation is 1. The predicted molar refractivity (Wildman–Crippen MR) is 126 cm³/mol. The quantitative estimate of drug-likeness (QED) is 0.496. The molecular formula is C23H27N5O3S. The first-order valence-electron chi connectivity index (χ1n) is 10.3. The Balaban J connectivity index is 1.66. The Labute approximate surface area is 192 Å². The van der Waals surface area contributed by atoms with Gasteiger partial charge in [-0.15, -0.1) is 10.2 Å². The number of rotatable bonds is 9. The zero-order chi connectivity index (χ0) is 23.1. The van der Waals surface area contributed by atoms with Crippen LogP contribution in [-0.4, -0.2) is 57.4 Å². The summed E-state index contributed by atoms with van der Waals surface area (Å²) < 4.78 is 7.10. The number of hydrogen-bond acceptors (Lipinski definition) is 6. The molecule has 9 heteroatoms. The molecule has 0 unspecified atom stereocenters. The summed E-state index contributed by atoms with van der Waals surface area (Å²) in [5, 5.41) is 11.8. The second-order valence-electron chi connectivity index (χ2n) is 6.96. The molecular weight excluding hydrogens is 426 g/mol. The first-order valence-corrected chi connectivity index (χ1v) is 11.3. The monoisotopic (exact) mass is 453 g/mol. The molecule has 168 valence electrons. The number of amides is 2. The van der Waals surface area contributed by atoms with Gasteiger partial charge in [0.1, 0.15) is 11.6 Å². The fourth-order valence-electron chi connectivity index (χ4n) is 3.22. The van der Waals surface area contributed by atoms with Gasteiger partial charge in [0.05, 0.1) is 12.9 Å². The van der Waals surface area contributed by atoms with E-state index in [1.54, 1.807) is 36.3 Å². The number of carbonyl (C=O) groups excluding carboxylic acids is 2. The largest absolute Gasteiger partial charge is 0.497 e. The number of hydrogen-bond donors (Lipinski definition) is 1. The van der Waals surface area contributed by atoms with Gasteiger partial charge in [0.15, 0.2) is 5.16 Å². The lowest BCUT2D eigenvalue weighted by Gasteiger charge is -2.19. The van der Waals surface area contributed by atoms with Crippen molar-refractivity contribution in [1.82, 2.24) is 19.7 Å². The van der Waals surface area contributed by atoms with E-state index in [9.17, 15) is 9.59 Å². The normalized spacial score (nSPS) is 10.6. The summed E-state index contributed by atoms with van der Waals surface area (Å²) in [5.74, 6) is 1.39. The fourth-order valence-corrected chi connectivity index (χ4v) is 4.01. The zero-order valence-corrected chi connectivity index (χ0v) is 19.5. The minimum atomic E-state index is -0.190. The van der Waals surface area contributed by atoms with Crippen molar-refractivity contribution in [1.29, 1.82) is 0 Å². The van der Waals surface area contributed by atoms with Crippen LogP contribution in [0.5, 0.6) is 5.75 Å². The van der Waals surface area contributed by atoms with Gasteiger partial charge in [0.25, 0.3) is 5.91 Å². The lowest BCUT2D eigenvalue weighted by Crippen LogP contribution is -2.30. The third-order valence-electron chi connectivity index (χ3n) is 4.90. The standard InChI is InChI=1S/C23H27N5O3S/c1-5-27(6-2)22(30)17-8-7-9-18(14-17)24-21(29)15-32-23-26-25-16(3)28(23)19-10-12-20(31-4)13-11-19/h7-14H,5-6,15H2,1-4H3,(H,24,29). The molecule has 0 aliphatic rings. The number of nitrogens with zero attached hydrogens (tertiary/aromatic N) is 4. The SMILES string of the molecule is CCN(CC)C(=O)c1cccc(NC(=O)CSc2nnc(C)n2-c2ccc(OC)cc2)c1. The van der Waals surface area contributed by atoms with E-state index >= 15 is 0 Å². The Morgan fingerprint density at radius 1 is 1.09 bits per heavy atom. The van der Waals surface area contributed by atoms with Gasteiger partial charge in [-0.1, -0.05) is 17.8 Å². The summed E-state index contributed by atoms with van der Waals surface area (Å²) in [5.41, 5.74) is 2.02. The number of methoxy groups -OCH3 is 1. The van der Waals surface area contributed by atoms with Crippen LogP contribution in [0.2, 0.25) is 0 Å².